The second-order valence-electron chi connectivity index (χ2n) is 8.19. The van der Waals surface area contributed by atoms with Crippen molar-refractivity contribution in [3.8, 4) is 0 Å². The Labute approximate surface area is 181 Å². The van der Waals surface area contributed by atoms with Crippen molar-refractivity contribution in [1.82, 2.24) is 14.0 Å². The third kappa shape index (κ3) is 4.46. The monoisotopic (exact) mass is 432 g/mol. The molecule has 1 aliphatic rings. The lowest BCUT2D eigenvalue weighted by Crippen LogP contribution is -2.45. The van der Waals surface area contributed by atoms with Gasteiger partial charge in [-0.05, 0) is 58.4 Å². The van der Waals surface area contributed by atoms with E-state index >= 15 is 0 Å². The molecule has 8 heteroatoms. The average molecular weight is 433 g/mol. The van der Waals surface area contributed by atoms with Gasteiger partial charge in [-0.2, -0.15) is 0 Å². The molecule has 0 spiro atoms. The number of nitrogens with zero attached hydrogens (tertiary/aromatic N) is 4. The van der Waals surface area contributed by atoms with Crippen molar-refractivity contribution in [2.75, 3.05) is 31.1 Å². The van der Waals surface area contributed by atoms with E-state index in [-0.39, 0.29) is 29.2 Å². The van der Waals surface area contributed by atoms with E-state index in [0.717, 1.165) is 6.42 Å². The van der Waals surface area contributed by atoms with E-state index in [0.29, 0.717) is 42.6 Å². The van der Waals surface area contributed by atoms with Crippen LogP contribution in [0.5, 0.6) is 0 Å². The Bertz CT molecular complexity index is 1020. The summed E-state index contributed by atoms with van der Waals surface area (Å²) in [6.45, 7) is 9.90. The smallest absolute Gasteiger partial charge is 0.333 e. The van der Waals surface area contributed by atoms with Crippen LogP contribution in [0.3, 0.4) is 0 Å². The molecule has 2 heterocycles. The Kier molecular flexibility index (Phi) is 6.71. The van der Waals surface area contributed by atoms with Crippen LogP contribution in [0.25, 0.3) is 0 Å². The number of rotatable bonds is 4. The van der Waals surface area contributed by atoms with Crippen LogP contribution in [0.2, 0.25) is 5.02 Å². The van der Waals surface area contributed by atoms with Crippen LogP contribution in [0.1, 0.15) is 56.6 Å². The minimum atomic E-state index is -0.291. The summed E-state index contributed by atoms with van der Waals surface area (Å²) in [7, 11) is 0. The van der Waals surface area contributed by atoms with Crippen LogP contribution >= 0.6 is 11.6 Å². The maximum absolute atomic E-state index is 13.0. The van der Waals surface area contributed by atoms with Gasteiger partial charge in [-0.15, -0.1) is 0 Å². The number of benzene rings is 1. The normalized spacial score (nSPS) is 15.0. The van der Waals surface area contributed by atoms with E-state index in [1.807, 2.05) is 37.5 Å². The van der Waals surface area contributed by atoms with E-state index in [1.165, 1.54) is 4.57 Å². The first-order chi connectivity index (χ1) is 14.2. The van der Waals surface area contributed by atoms with Gasteiger partial charge in [-0.3, -0.25) is 18.7 Å². The van der Waals surface area contributed by atoms with E-state index in [4.69, 9.17) is 11.6 Å². The highest BCUT2D eigenvalue weighted by atomic mass is 35.5. The first-order valence-corrected chi connectivity index (χ1v) is 10.8. The number of aromatic nitrogens is 2. The number of amides is 1. The number of hydrogen-bond donors (Lipinski definition) is 0. The Hall–Kier alpha value is -2.54. The van der Waals surface area contributed by atoms with Gasteiger partial charge in [0.1, 0.15) is 5.82 Å². The molecule has 1 aromatic heterocycles. The molecule has 0 N–H and O–H groups in total. The minimum Gasteiger partial charge on any atom is -0.356 e. The summed E-state index contributed by atoms with van der Waals surface area (Å²) in [6.07, 6.45) is 0.749. The zero-order chi connectivity index (χ0) is 22.0. The quantitative estimate of drug-likeness (QED) is 0.744. The number of anilines is 1. The molecule has 1 aliphatic heterocycles. The molecule has 0 saturated carbocycles. The molecule has 1 saturated heterocycles. The molecular formula is C22H29ClN4O3. The van der Waals surface area contributed by atoms with Crippen LogP contribution < -0.4 is 16.1 Å². The molecule has 3 rings (SSSR count). The van der Waals surface area contributed by atoms with Gasteiger partial charge >= 0.3 is 5.69 Å². The van der Waals surface area contributed by atoms with Gasteiger partial charge in [-0.25, -0.2) is 4.79 Å². The second-order valence-corrected chi connectivity index (χ2v) is 8.63. The first-order valence-electron chi connectivity index (χ1n) is 10.4. The number of hydrogen-bond acceptors (Lipinski definition) is 4. The molecule has 0 atom stereocenters. The molecule has 1 aromatic carbocycles. The number of carbonyl (C=O) groups is 1. The van der Waals surface area contributed by atoms with Crippen molar-refractivity contribution in [1.29, 1.82) is 0 Å². The zero-order valence-corrected chi connectivity index (χ0v) is 18.7. The molecule has 0 bridgehead atoms. The average Bonchev–Trinajstić information content (AvgIpc) is 2.93. The van der Waals surface area contributed by atoms with Crippen LogP contribution in [-0.2, 0) is 0 Å². The maximum atomic E-state index is 13.0. The summed E-state index contributed by atoms with van der Waals surface area (Å²) in [5.74, 6) is 0.586. The van der Waals surface area contributed by atoms with Crippen molar-refractivity contribution in [2.45, 2.75) is 46.2 Å². The molecule has 0 aliphatic carbocycles. The molecule has 30 heavy (non-hydrogen) atoms. The van der Waals surface area contributed by atoms with Crippen molar-refractivity contribution < 1.29 is 4.79 Å². The molecule has 2 aromatic rings. The lowest BCUT2D eigenvalue weighted by atomic mass is 10.2. The lowest BCUT2D eigenvalue weighted by Gasteiger charge is -2.28. The topological polar surface area (TPSA) is 67.5 Å². The van der Waals surface area contributed by atoms with Gasteiger partial charge in [-0.1, -0.05) is 11.6 Å². The summed E-state index contributed by atoms with van der Waals surface area (Å²) < 4.78 is 2.97. The van der Waals surface area contributed by atoms with Crippen molar-refractivity contribution in [2.24, 2.45) is 0 Å². The third-order valence-corrected chi connectivity index (χ3v) is 5.63. The third-order valence-electron chi connectivity index (χ3n) is 5.38. The lowest BCUT2D eigenvalue weighted by molar-refractivity contribution is 0.0767. The molecule has 1 fully saturated rings. The van der Waals surface area contributed by atoms with Crippen LogP contribution in [0, 0.1) is 0 Å². The van der Waals surface area contributed by atoms with Crippen LogP contribution in [-0.4, -0.2) is 46.1 Å². The molecule has 0 unspecified atom stereocenters. The Morgan fingerprint density at radius 1 is 0.900 bits per heavy atom. The van der Waals surface area contributed by atoms with E-state index in [1.54, 1.807) is 34.9 Å². The highest BCUT2D eigenvalue weighted by Crippen LogP contribution is 2.19. The molecule has 7 nitrogen and oxygen atoms in total. The fourth-order valence-electron chi connectivity index (χ4n) is 3.89. The predicted octanol–water partition coefficient (Wildman–Crippen LogP) is 3.18. The Morgan fingerprint density at radius 3 is 2.13 bits per heavy atom. The van der Waals surface area contributed by atoms with Gasteiger partial charge in [0, 0.05) is 54.9 Å². The molecule has 162 valence electrons. The largest absolute Gasteiger partial charge is 0.356 e. The second kappa shape index (κ2) is 9.08. The zero-order valence-electron chi connectivity index (χ0n) is 18.0. The SMILES string of the molecule is CC(C)n1c(N2CCCN(C(=O)c3ccc(Cl)cc3)CC2)cc(=O)n(C(C)C)c1=O. The molecule has 1 amide bonds. The standard InChI is InChI=1S/C22H29ClN4O3/c1-15(2)26-19(14-20(28)27(16(3)4)22(26)30)24-10-5-11-25(13-12-24)21(29)17-6-8-18(23)9-7-17/h6-9,14-16H,5,10-13H2,1-4H3. The fraction of sp³-hybridized carbons (Fsp3) is 0.500. The van der Waals surface area contributed by atoms with Gasteiger partial charge in [0.2, 0.25) is 0 Å². The number of carbonyl (C=O) groups excluding carboxylic acids is 1. The van der Waals surface area contributed by atoms with Gasteiger partial charge in [0.05, 0.1) is 0 Å². The van der Waals surface area contributed by atoms with Crippen LogP contribution in [0.15, 0.2) is 39.9 Å². The predicted molar refractivity (Wildman–Crippen MR) is 120 cm³/mol. The van der Waals surface area contributed by atoms with Crippen molar-refractivity contribution in [3.05, 3.63) is 61.8 Å². The number of halogens is 1. The van der Waals surface area contributed by atoms with Gasteiger partial charge < -0.3 is 9.80 Å². The summed E-state index contributed by atoms with van der Waals surface area (Å²) in [6, 6.07) is 8.14. The van der Waals surface area contributed by atoms with Gasteiger partial charge in [0.15, 0.2) is 0 Å². The van der Waals surface area contributed by atoms with E-state index in [2.05, 4.69) is 0 Å². The summed E-state index contributed by atoms with van der Waals surface area (Å²) in [5.41, 5.74) is 0.0209. The Morgan fingerprint density at radius 2 is 1.53 bits per heavy atom. The maximum Gasteiger partial charge on any atom is 0.333 e. The Balaban J connectivity index is 1.88. The highest BCUT2D eigenvalue weighted by molar-refractivity contribution is 6.30. The van der Waals surface area contributed by atoms with Crippen molar-refractivity contribution >= 4 is 23.3 Å². The van der Waals surface area contributed by atoms with E-state index in [9.17, 15) is 14.4 Å². The van der Waals surface area contributed by atoms with E-state index < -0.39 is 0 Å². The summed E-state index contributed by atoms with van der Waals surface area (Å²) in [5, 5.41) is 0.594. The van der Waals surface area contributed by atoms with Crippen LogP contribution in [0.4, 0.5) is 5.82 Å². The summed E-state index contributed by atoms with van der Waals surface area (Å²) in [4.78, 5) is 42.4. The minimum absolute atomic E-state index is 0.0370. The van der Waals surface area contributed by atoms with Gasteiger partial charge in [0.25, 0.3) is 11.5 Å². The summed E-state index contributed by atoms with van der Waals surface area (Å²) >= 11 is 5.92. The fourth-order valence-corrected chi connectivity index (χ4v) is 4.01. The highest BCUT2D eigenvalue weighted by Gasteiger charge is 2.24. The molecular weight excluding hydrogens is 404 g/mol. The van der Waals surface area contributed by atoms with Crippen molar-refractivity contribution in [3.63, 3.8) is 0 Å². The molecule has 0 radical (unpaired) electrons. The first kappa shape index (κ1) is 22.2.